The lowest BCUT2D eigenvalue weighted by molar-refractivity contribution is -0.138. The Kier molecular flexibility index (Phi) is 13.0. The molecule has 9 rings (SSSR count). The van der Waals surface area contributed by atoms with E-state index in [0.717, 1.165) is 94.3 Å². The van der Waals surface area contributed by atoms with Crippen LogP contribution in [0.3, 0.4) is 0 Å². The number of likely N-dealkylation sites (tertiary alicyclic amines) is 2. The first-order valence-corrected chi connectivity index (χ1v) is 23.8. The number of aromatic nitrogens is 5. The number of ether oxygens (including phenoxy) is 1. The summed E-state index contributed by atoms with van der Waals surface area (Å²) in [6, 6.07) is 28.4. The molecule has 354 valence electrons. The van der Waals surface area contributed by atoms with Gasteiger partial charge in [-0.25, -0.2) is 19.6 Å². The summed E-state index contributed by atoms with van der Waals surface area (Å²) in [5, 5.41) is 12.4. The molecule has 1 aliphatic carbocycles. The van der Waals surface area contributed by atoms with Crippen LogP contribution in [0.4, 0.5) is 9.59 Å². The van der Waals surface area contributed by atoms with Gasteiger partial charge < -0.3 is 39.5 Å². The number of carboxylic acid groups (broad SMARTS) is 1. The van der Waals surface area contributed by atoms with Gasteiger partial charge in [0.2, 0.25) is 11.8 Å². The lowest BCUT2D eigenvalue weighted by Gasteiger charge is -2.33. The van der Waals surface area contributed by atoms with E-state index in [1.165, 1.54) is 25.3 Å². The number of methoxy groups -OCH3 is 1. The van der Waals surface area contributed by atoms with Crippen LogP contribution >= 0.6 is 0 Å². The topological polar surface area (TPSA) is 182 Å². The molecular formula is C53H61N9O6. The molecule has 4 N–H and O–H groups in total. The van der Waals surface area contributed by atoms with E-state index in [1.807, 2.05) is 45.0 Å². The molecule has 3 aromatic heterocycles. The van der Waals surface area contributed by atoms with Gasteiger partial charge in [-0.05, 0) is 95.9 Å². The second kappa shape index (κ2) is 19.2. The number of fused-ring (bicyclic) bond motifs is 1. The van der Waals surface area contributed by atoms with Crippen LogP contribution in [-0.2, 0) is 20.7 Å². The molecule has 0 bridgehead atoms. The van der Waals surface area contributed by atoms with Gasteiger partial charge in [-0.3, -0.25) is 14.5 Å². The lowest BCUT2D eigenvalue weighted by atomic mass is 10.0. The van der Waals surface area contributed by atoms with Crippen LogP contribution < -0.4 is 5.32 Å². The van der Waals surface area contributed by atoms with E-state index in [-0.39, 0.29) is 41.8 Å². The highest BCUT2D eigenvalue weighted by atomic mass is 16.5. The number of carbonyl (C=O) groups excluding carboxylic acids is 3. The summed E-state index contributed by atoms with van der Waals surface area (Å²) in [7, 11) is 2.76. The molecule has 0 spiro atoms. The molecule has 15 nitrogen and oxygen atoms in total. The number of hydrogen-bond acceptors (Lipinski definition) is 7. The van der Waals surface area contributed by atoms with Crippen LogP contribution in [-0.4, -0.2) is 108 Å². The van der Waals surface area contributed by atoms with Gasteiger partial charge in [0.1, 0.15) is 23.7 Å². The summed E-state index contributed by atoms with van der Waals surface area (Å²) in [4.78, 5) is 72.8. The van der Waals surface area contributed by atoms with Crippen molar-refractivity contribution in [3.63, 3.8) is 0 Å². The summed E-state index contributed by atoms with van der Waals surface area (Å²) in [5.74, 6) is 0.791. The van der Waals surface area contributed by atoms with Crippen LogP contribution in [0.5, 0.6) is 0 Å². The number of nitrogens with one attached hydrogen (secondary N) is 3. The number of likely N-dealkylation sites (N-methyl/N-ethyl adjacent to an activating group) is 1. The van der Waals surface area contributed by atoms with Crippen molar-refractivity contribution in [3.05, 3.63) is 120 Å². The molecular weight excluding hydrogens is 859 g/mol. The highest BCUT2D eigenvalue weighted by molar-refractivity contribution is 5.87. The van der Waals surface area contributed by atoms with Gasteiger partial charge in [0.15, 0.2) is 0 Å². The third-order valence-corrected chi connectivity index (χ3v) is 14.2. The molecule has 3 aliphatic rings. The predicted octanol–water partition coefficient (Wildman–Crippen LogP) is 9.48. The zero-order valence-corrected chi connectivity index (χ0v) is 39.6. The Balaban J connectivity index is 0.961. The average Bonchev–Trinajstić information content (AvgIpc) is 4.21. The van der Waals surface area contributed by atoms with Gasteiger partial charge in [0.25, 0.3) is 0 Å². The molecule has 2 aliphatic heterocycles. The summed E-state index contributed by atoms with van der Waals surface area (Å²) >= 11 is 0. The molecule has 5 atom stereocenters. The molecule has 15 heteroatoms. The second-order valence-corrected chi connectivity index (χ2v) is 19.1. The lowest BCUT2D eigenvalue weighted by Crippen LogP contribution is -2.51. The van der Waals surface area contributed by atoms with Crippen LogP contribution in [0, 0.1) is 11.8 Å². The van der Waals surface area contributed by atoms with Crippen molar-refractivity contribution in [2.45, 2.75) is 96.4 Å². The standard InChI is InChI=1S/C53H61N9O6/c1-31(2)46(58-52(65)68-6)50(63)60-27-9-13-44(60)48-54-29-39(56-48)34-15-19-36(20-16-34)41-25-26-42(62(41)43-24-23-33-11-7-8-12-38(33)43)37-21-17-35(18-22-37)40-30-55-49(57-40)45-14-10-28-61(45)51(64)47(32(3)4)59(5)53(66)67/h7-8,11-12,15-22,25-26,29-32,43-47H,9-10,13-14,23-24,27-28H2,1-6H3,(H,54,56)(H,55,57)(H,58,65)(H,66,67)/t43?,44-,45-,46-,47-/m0/s1. The van der Waals surface area contributed by atoms with Gasteiger partial charge >= 0.3 is 12.2 Å². The Bertz CT molecular complexity index is 2790. The van der Waals surface area contributed by atoms with Gasteiger partial charge in [-0.1, -0.05) is 100 Å². The SMILES string of the molecule is COC(=O)N[C@H](C(=O)N1CCC[C@H]1c1ncc(-c2ccc(-c3ccc(-c4ccc(-c5cnc([C@@H]6CCCN6C(=O)[C@H](C(C)C)N(C)C(=O)O)[nH]5)cc4)n3C3CCc4ccccc43)cc2)[nH]1)C(C)C. The molecule has 1 unspecified atom stereocenters. The Morgan fingerprint density at radius 2 is 1.21 bits per heavy atom. The van der Waals surface area contributed by atoms with Crippen molar-refractivity contribution in [3.8, 4) is 45.0 Å². The first-order chi connectivity index (χ1) is 32.8. The summed E-state index contributed by atoms with van der Waals surface area (Å²) < 4.78 is 7.29. The van der Waals surface area contributed by atoms with Gasteiger partial charge in [0.05, 0.1) is 49.0 Å². The van der Waals surface area contributed by atoms with Crippen molar-refractivity contribution in [1.82, 2.24) is 44.5 Å². The number of hydrogen-bond donors (Lipinski definition) is 4. The maximum atomic E-state index is 13.8. The van der Waals surface area contributed by atoms with E-state index in [0.29, 0.717) is 18.9 Å². The van der Waals surface area contributed by atoms with Crippen LogP contribution in [0.25, 0.3) is 45.0 Å². The van der Waals surface area contributed by atoms with Crippen molar-refractivity contribution in [2.24, 2.45) is 11.8 Å². The number of aryl methyl sites for hydroxylation is 1. The Morgan fingerprint density at radius 1 is 0.691 bits per heavy atom. The third-order valence-electron chi connectivity index (χ3n) is 14.2. The van der Waals surface area contributed by atoms with E-state index in [9.17, 15) is 24.3 Å². The summed E-state index contributed by atoms with van der Waals surface area (Å²) in [5.41, 5.74) is 10.8. The quantitative estimate of drug-likeness (QED) is 0.0884. The number of alkyl carbamates (subject to hydrolysis) is 1. The molecule has 4 amide bonds. The molecule has 0 radical (unpaired) electrons. The van der Waals surface area contributed by atoms with Gasteiger partial charge in [-0.15, -0.1) is 0 Å². The largest absolute Gasteiger partial charge is 0.465 e. The fourth-order valence-electron chi connectivity index (χ4n) is 10.7. The van der Waals surface area contributed by atoms with Crippen LogP contribution in [0.1, 0.15) is 101 Å². The number of nitrogens with zero attached hydrogens (tertiary/aromatic N) is 6. The Labute approximate surface area is 396 Å². The highest BCUT2D eigenvalue weighted by Crippen LogP contribution is 2.43. The molecule has 2 saturated heterocycles. The minimum atomic E-state index is -1.12. The zero-order valence-electron chi connectivity index (χ0n) is 39.6. The normalized spacial score (nSPS) is 18.8. The summed E-state index contributed by atoms with van der Waals surface area (Å²) in [6.45, 7) is 8.70. The van der Waals surface area contributed by atoms with E-state index < -0.39 is 24.3 Å². The number of benzene rings is 3. The molecule has 2 fully saturated rings. The first-order valence-electron chi connectivity index (χ1n) is 23.8. The second-order valence-electron chi connectivity index (χ2n) is 19.1. The highest BCUT2D eigenvalue weighted by Gasteiger charge is 2.40. The molecule has 5 heterocycles. The Hall–Kier alpha value is -7.16. The van der Waals surface area contributed by atoms with Crippen LogP contribution in [0.2, 0.25) is 0 Å². The summed E-state index contributed by atoms with van der Waals surface area (Å²) in [6.07, 6.45) is 7.07. The fraction of sp³-hybridized carbons (Fsp3) is 0.396. The van der Waals surface area contributed by atoms with E-state index in [1.54, 1.807) is 4.90 Å². The van der Waals surface area contributed by atoms with E-state index in [2.05, 4.69) is 105 Å². The number of amides is 4. The smallest absolute Gasteiger partial charge is 0.407 e. The molecule has 68 heavy (non-hydrogen) atoms. The van der Waals surface area contributed by atoms with Gasteiger partial charge in [-0.2, -0.15) is 0 Å². The van der Waals surface area contributed by atoms with Crippen molar-refractivity contribution in [2.75, 3.05) is 27.2 Å². The number of H-pyrrole nitrogens is 2. The fourth-order valence-corrected chi connectivity index (χ4v) is 10.7. The van der Waals surface area contributed by atoms with Crippen molar-refractivity contribution >= 4 is 24.0 Å². The minimum Gasteiger partial charge on any atom is -0.465 e. The van der Waals surface area contributed by atoms with E-state index in [4.69, 9.17) is 14.7 Å². The number of aromatic amines is 2. The van der Waals surface area contributed by atoms with Crippen molar-refractivity contribution < 1.29 is 29.0 Å². The van der Waals surface area contributed by atoms with Crippen LogP contribution in [0.15, 0.2) is 97.3 Å². The van der Waals surface area contributed by atoms with Gasteiger partial charge in [0, 0.05) is 31.5 Å². The number of carbonyl (C=O) groups is 4. The molecule has 6 aromatic rings. The monoisotopic (exact) mass is 919 g/mol. The average molecular weight is 920 g/mol. The zero-order chi connectivity index (χ0) is 47.8. The number of imidazole rings is 2. The minimum absolute atomic E-state index is 0.117. The van der Waals surface area contributed by atoms with Crippen molar-refractivity contribution in [1.29, 1.82) is 0 Å². The number of rotatable bonds is 13. The maximum absolute atomic E-state index is 13.8. The first kappa shape index (κ1) is 46.0. The third kappa shape index (κ3) is 8.77. The Morgan fingerprint density at radius 3 is 1.71 bits per heavy atom. The predicted molar refractivity (Wildman–Crippen MR) is 259 cm³/mol. The molecule has 0 saturated carbocycles. The van der Waals surface area contributed by atoms with E-state index >= 15 is 0 Å². The maximum Gasteiger partial charge on any atom is 0.407 e. The molecule has 3 aromatic carbocycles.